The molecule has 0 radical (unpaired) electrons. The molecule has 0 aliphatic carbocycles. The van der Waals surface area contributed by atoms with E-state index in [0.717, 1.165) is 49.8 Å². The zero-order valence-corrected chi connectivity index (χ0v) is 31.2. The van der Waals surface area contributed by atoms with Crippen molar-refractivity contribution in [1.29, 1.82) is 0 Å². The number of methoxy groups -OCH3 is 1. The van der Waals surface area contributed by atoms with Gasteiger partial charge in [-0.05, 0) is 64.9 Å². The molecular weight excluding hydrogens is 699 g/mol. The molecule has 1 saturated heterocycles. The standard InChI is InChI=1S/C44H47N3O6S/c1-51-39-14-6-7-15-41(39)54-29-35-26-40(32-20-18-30(28-48)19-21-32)53-44(52-35)33-24-22-31(23-25-33)36-11-3-2-10-34(36)27-46-42(49)16-8-9-17-43(50)47-38-13-5-4-12-37(38)45/h2-7,10-15,18-25,35,40,44,48H,8-9,16-17,26-29,45H2,1H3,(H,46,49)(H,47,50)/t35-,40+,44+/m0/s1. The maximum absolute atomic E-state index is 12.7. The number of nitrogens with one attached hydrogen (secondary N) is 2. The number of unbranched alkanes of at least 4 members (excludes halogenated alkanes) is 1. The smallest absolute Gasteiger partial charge is 0.224 e. The topological polar surface area (TPSA) is 132 Å². The molecule has 54 heavy (non-hydrogen) atoms. The summed E-state index contributed by atoms with van der Waals surface area (Å²) >= 11 is 1.71. The van der Waals surface area contributed by atoms with Gasteiger partial charge in [-0.1, -0.05) is 97.1 Å². The number of thioether (sulfide) groups is 1. The molecule has 5 aromatic rings. The highest BCUT2D eigenvalue weighted by atomic mass is 32.2. The number of carbonyl (C=O) groups excluding carboxylic acids is 2. The number of ether oxygens (including phenoxy) is 3. The van der Waals surface area contributed by atoms with Crippen molar-refractivity contribution in [2.75, 3.05) is 23.9 Å². The second-order valence-electron chi connectivity index (χ2n) is 13.2. The number of hydrogen-bond acceptors (Lipinski definition) is 8. The number of nitrogens with two attached hydrogens (primary N) is 1. The highest BCUT2D eigenvalue weighted by Crippen LogP contribution is 2.41. The van der Waals surface area contributed by atoms with E-state index in [4.69, 9.17) is 19.9 Å². The van der Waals surface area contributed by atoms with E-state index in [0.29, 0.717) is 50.0 Å². The van der Waals surface area contributed by atoms with Gasteiger partial charge in [-0.25, -0.2) is 0 Å². The molecule has 280 valence electrons. The fourth-order valence-corrected chi connectivity index (χ4v) is 7.44. The minimum atomic E-state index is -0.573. The molecular formula is C44H47N3O6S. The number of hydrogen-bond donors (Lipinski definition) is 4. The summed E-state index contributed by atoms with van der Waals surface area (Å²) in [5.41, 5.74) is 12.9. The Morgan fingerprint density at radius 2 is 1.50 bits per heavy atom. The highest BCUT2D eigenvalue weighted by molar-refractivity contribution is 7.99. The molecule has 2 amide bonds. The molecule has 0 saturated carbocycles. The van der Waals surface area contributed by atoms with Crippen LogP contribution in [0.15, 0.2) is 126 Å². The molecule has 5 aromatic carbocycles. The lowest BCUT2D eigenvalue weighted by atomic mass is 9.97. The van der Waals surface area contributed by atoms with Crippen molar-refractivity contribution in [3.05, 3.63) is 144 Å². The van der Waals surface area contributed by atoms with Gasteiger partial charge in [-0.15, -0.1) is 11.8 Å². The minimum Gasteiger partial charge on any atom is -0.496 e. The molecule has 6 rings (SSSR count). The van der Waals surface area contributed by atoms with Crippen LogP contribution in [0.3, 0.4) is 0 Å². The van der Waals surface area contributed by atoms with Gasteiger partial charge in [0.05, 0.1) is 37.3 Å². The van der Waals surface area contributed by atoms with Gasteiger partial charge in [0.15, 0.2) is 6.29 Å². The first-order valence-corrected chi connectivity index (χ1v) is 19.2. The third-order valence-electron chi connectivity index (χ3n) is 9.39. The molecule has 0 aromatic heterocycles. The molecule has 1 aliphatic heterocycles. The third kappa shape index (κ3) is 10.5. The van der Waals surface area contributed by atoms with Gasteiger partial charge in [0, 0.05) is 42.0 Å². The number of para-hydroxylation sites is 3. The van der Waals surface area contributed by atoms with E-state index in [1.807, 2.05) is 84.9 Å². The predicted molar refractivity (Wildman–Crippen MR) is 214 cm³/mol. The first kappa shape index (κ1) is 38.6. The van der Waals surface area contributed by atoms with Gasteiger partial charge < -0.3 is 35.7 Å². The number of aliphatic hydroxyl groups excluding tert-OH is 1. The Morgan fingerprint density at radius 1 is 0.815 bits per heavy atom. The van der Waals surface area contributed by atoms with Crippen LogP contribution in [-0.2, 0) is 32.2 Å². The minimum absolute atomic E-state index is 0.00838. The van der Waals surface area contributed by atoms with Gasteiger partial charge in [-0.2, -0.15) is 0 Å². The van der Waals surface area contributed by atoms with E-state index in [9.17, 15) is 14.7 Å². The van der Waals surface area contributed by atoms with Crippen molar-refractivity contribution < 1.29 is 28.9 Å². The molecule has 0 unspecified atom stereocenters. The van der Waals surface area contributed by atoms with Gasteiger partial charge >= 0.3 is 0 Å². The van der Waals surface area contributed by atoms with Crippen LogP contribution in [-0.4, -0.2) is 35.9 Å². The summed E-state index contributed by atoms with van der Waals surface area (Å²) in [4.78, 5) is 26.1. The molecule has 1 fully saturated rings. The molecule has 1 heterocycles. The van der Waals surface area contributed by atoms with E-state index < -0.39 is 6.29 Å². The number of aliphatic hydroxyl groups is 1. The lowest BCUT2D eigenvalue weighted by Crippen LogP contribution is -2.31. The summed E-state index contributed by atoms with van der Waals surface area (Å²) in [5, 5.41) is 15.4. The molecule has 0 spiro atoms. The van der Waals surface area contributed by atoms with Crippen molar-refractivity contribution in [3.63, 3.8) is 0 Å². The molecule has 1 aliphatic rings. The quantitative estimate of drug-likeness (QED) is 0.0449. The zero-order chi connectivity index (χ0) is 37.7. The number of benzene rings is 5. The summed E-state index contributed by atoms with van der Waals surface area (Å²) in [7, 11) is 1.68. The van der Waals surface area contributed by atoms with Crippen LogP contribution in [0.5, 0.6) is 5.75 Å². The highest BCUT2D eigenvalue weighted by Gasteiger charge is 2.32. The van der Waals surface area contributed by atoms with E-state index in [1.54, 1.807) is 31.0 Å². The zero-order valence-electron chi connectivity index (χ0n) is 30.4. The summed E-state index contributed by atoms with van der Waals surface area (Å²) in [6, 6.07) is 39.3. The average Bonchev–Trinajstić information content (AvgIpc) is 3.22. The first-order chi connectivity index (χ1) is 26.4. The van der Waals surface area contributed by atoms with E-state index >= 15 is 0 Å². The maximum Gasteiger partial charge on any atom is 0.224 e. The number of carbonyl (C=O) groups is 2. The Hall–Kier alpha value is -5.13. The fraction of sp³-hybridized carbons (Fsp3) is 0.273. The second-order valence-corrected chi connectivity index (χ2v) is 14.3. The second kappa shape index (κ2) is 19.3. The van der Waals surface area contributed by atoms with E-state index in [1.165, 1.54) is 0 Å². The van der Waals surface area contributed by atoms with E-state index in [-0.39, 0.29) is 30.6 Å². The lowest BCUT2D eigenvalue weighted by Gasteiger charge is -2.36. The van der Waals surface area contributed by atoms with Crippen LogP contribution in [0.4, 0.5) is 11.4 Å². The maximum atomic E-state index is 12.7. The van der Waals surface area contributed by atoms with Crippen LogP contribution in [0.1, 0.15) is 66.8 Å². The van der Waals surface area contributed by atoms with Crippen LogP contribution in [0, 0.1) is 0 Å². The Bertz CT molecular complexity index is 1990. The molecule has 10 heteroatoms. The average molecular weight is 746 g/mol. The van der Waals surface area contributed by atoms with Crippen molar-refractivity contribution >= 4 is 35.0 Å². The van der Waals surface area contributed by atoms with Crippen molar-refractivity contribution in [2.45, 2.75) is 68.6 Å². The van der Waals surface area contributed by atoms with Crippen LogP contribution < -0.4 is 21.1 Å². The Labute approximate surface area is 321 Å². The third-order valence-corrected chi connectivity index (χ3v) is 10.6. The number of anilines is 2. The monoisotopic (exact) mass is 745 g/mol. The Morgan fingerprint density at radius 3 is 2.26 bits per heavy atom. The van der Waals surface area contributed by atoms with Crippen LogP contribution in [0.2, 0.25) is 0 Å². The number of nitrogen functional groups attached to an aromatic ring is 1. The number of rotatable bonds is 16. The number of amides is 2. The molecule has 3 atom stereocenters. The summed E-state index contributed by atoms with van der Waals surface area (Å²) < 4.78 is 18.7. The van der Waals surface area contributed by atoms with Gasteiger partial charge in [0.25, 0.3) is 0 Å². The summed E-state index contributed by atoms with van der Waals surface area (Å²) in [6.45, 7) is 0.382. The summed E-state index contributed by atoms with van der Waals surface area (Å²) in [6.07, 6.45) is 1.70. The largest absolute Gasteiger partial charge is 0.496 e. The van der Waals surface area contributed by atoms with Gasteiger partial charge in [0.1, 0.15) is 5.75 Å². The molecule has 0 bridgehead atoms. The molecule has 5 N–H and O–H groups in total. The van der Waals surface area contributed by atoms with E-state index in [2.05, 4.69) is 34.9 Å². The van der Waals surface area contributed by atoms with Gasteiger partial charge in [-0.3, -0.25) is 9.59 Å². The fourth-order valence-electron chi connectivity index (χ4n) is 6.40. The summed E-state index contributed by atoms with van der Waals surface area (Å²) in [5.74, 6) is 1.39. The van der Waals surface area contributed by atoms with Crippen molar-refractivity contribution in [3.8, 4) is 16.9 Å². The Kier molecular flexibility index (Phi) is 13.8. The SMILES string of the molecule is COc1ccccc1SC[C@@H]1C[C@H](c2ccc(CO)cc2)O[C@H](c2ccc(-c3ccccc3CNC(=O)CCCCC(=O)Nc3ccccc3N)cc2)O1. The van der Waals surface area contributed by atoms with Gasteiger partial charge in [0.2, 0.25) is 11.8 Å². The predicted octanol–water partition coefficient (Wildman–Crippen LogP) is 8.59. The Balaban J connectivity index is 1.06. The first-order valence-electron chi connectivity index (χ1n) is 18.3. The van der Waals surface area contributed by atoms with Crippen LogP contribution in [0.25, 0.3) is 11.1 Å². The van der Waals surface area contributed by atoms with Crippen molar-refractivity contribution in [2.24, 2.45) is 0 Å². The lowest BCUT2D eigenvalue weighted by molar-refractivity contribution is -0.245. The van der Waals surface area contributed by atoms with Crippen molar-refractivity contribution in [1.82, 2.24) is 5.32 Å². The normalized spacial score (nSPS) is 16.7. The van der Waals surface area contributed by atoms with Crippen LogP contribution >= 0.6 is 11.8 Å². The molecule has 9 nitrogen and oxygen atoms in total.